The molecule has 0 N–H and O–H groups in total. The summed E-state index contributed by atoms with van der Waals surface area (Å²) in [4.78, 5) is 3.55. The van der Waals surface area contributed by atoms with Crippen molar-refractivity contribution >= 4 is 21.2 Å². The molecule has 20 heavy (non-hydrogen) atoms. The molecule has 6 heteroatoms. The molecule has 3 heterocycles. The quantitative estimate of drug-likeness (QED) is 0.831. The van der Waals surface area contributed by atoms with E-state index in [9.17, 15) is 8.42 Å². The Morgan fingerprint density at radius 1 is 1.50 bits per heavy atom. The first-order valence-electron chi connectivity index (χ1n) is 7.12. The van der Waals surface area contributed by atoms with Gasteiger partial charge in [-0.25, -0.2) is 8.42 Å². The van der Waals surface area contributed by atoms with Crippen LogP contribution in [0.4, 0.5) is 0 Å². The second-order valence-corrected chi connectivity index (χ2v) is 9.24. The van der Waals surface area contributed by atoms with Crippen LogP contribution in [0.5, 0.6) is 0 Å². The van der Waals surface area contributed by atoms with Crippen LogP contribution in [0.15, 0.2) is 17.5 Å². The highest BCUT2D eigenvalue weighted by Gasteiger charge is 2.61. The smallest absolute Gasteiger partial charge is 0.158 e. The van der Waals surface area contributed by atoms with Gasteiger partial charge in [0, 0.05) is 37.0 Å². The third kappa shape index (κ3) is 2.32. The molecule has 0 bridgehead atoms. The van der Waals surface area contributed by atoms with E-state index in [4.69, 9.17) is 4.74 Å². The largest absolute Gasteiger partial charge is 0.381 e. The van der Waals surface area contributed by atoms with E-state index in [2.05, 4.69) is 16.3 Å². The summed E-state index contributed by atoms with van der Waals surface area (Å²) < 4.78 is 29.8. The summed E-state index contributed by atoms with van der Waals surface area (Å²) in [5.74, 6) is 0.504. The molecule has 1 atom stereocenters. The van der Waals surface area contributed by atoms with E-state index in [1.807, 2.05) is 13.0 Å². The van der Waals surface area contributed by atoms with Gasteiger partial charge < -0.3 is 4.74 Å². The predicted molar refractivity (Wildman–Crippen MR) is 80.7 cm³/mol. The van der Waals surface area contributed by atoms with E-state index in [0.717, 1.165) is 13.0 Å². The van der Waals surface area contributed by atoms with Crippen molar-refractivity contribution < 1.29 is 13.2 Å². The number of ether oxygens (including phenoxy) is 1. The Morgan fingerprint density at radius 3 is 2.95 bits per heavy atom. The molecule has 0 aromatic carbocycles. The third-order valence-electron chi connectivity index (χ3n) is 4.56. The molecule has 0 amide bonds. The zero-order valence-electron chi connectivity index (χ0n) is 11.7. The van der Waals surface area contributed by atoms with E-state index in [0.29, 0.717) is 32.1 Å². The molecule has 2 aliphatic heterocycles. The fraction of sp³-hybridized carbons (Fsp3) is 0.714. The molecule has 2 fully saturated rings. The Labute approximate surface area is 124 Å². The van der Waals surface area contributed by atoms with Gasteiger partial charge in [0.1, 0.15) is 4.75 Å². The fourth-order valence-electron chi connectivity index (χ4n) is 3.41. The fourth-order valence-corrected chi connectivity index (χ4v) is 6.61. The molecule has 1 aromatic heterocycles. The normalized spacial score (nSPS) is 27.8. The van der Waals surface area contributed by atoms with Crippen molar-refractivity contribution in [3.63, 3.8) is 0 Å². The molecular formula is C14H21NO3S2. The standard InChI is InChI=1S/C14H21NO3S2/c1-2-18-9-12-5-7-20(16,17)14(12)10-15(11-14)8-13-4-3-6-19-13/h3-4,6,12H,2,5,7-11H2,1H3. The van der Waals surface area contributed by atoms with Gasteiger partial charge in [-0.15, -0.1) is 11.3 Å². The van der Waals surface area contributed by atoms with Crippen LogP contribution in [0.25, 0.3) is 0 Å². The van der Waals surface area contributed by atoms with Crippen LogP contribution in [0.3, 0.4) is 0 Å². The van der Waals surface area contributed by atoms with E-state index in [1.54, 1.807) is 11.3 Å². The molecule has 0 saturated carbocycles. The topological polar surface area (TPSA) is 46.6 Å². The maximum atomic E-state index is 12.4. The van der Waals surface area contributed by atoms with Crippen LogP contribution in [0.2, 0.25) is 0 Å². The van der Waals surface area contributed by atoms with Crippen molar-refractivity contribution in [2.24, 2.45) is 5.92 Å². The second kappa shape index (κ2) is 5.40. The number of sulfone groups is 1. The molecular weight excluding hydrogens is 294 g/mol. The van der Waals surface area contributed by atoms with E-state index >= 15 is 0 Å². The lowest BCUT2D eigenvalue weighted by Crippen LogP contribution is -2.67. The van der Waals surface area contributed by atoms with Gasteiger partial charge in [0.05, 0.1) is 12.4 Å². The van der Waals surface area contributed by atoms with Crippen LogP contribution in [0.1, 0.15) is 18.2 Å². The van der Waals surface area contributed by atoms with Gasteiger partial charge in [0.25, 0.3) is 0 Å². The summed E-state index contributed by atoms with van der Waals surface area (Å²) in [6.07, 6.45) is 0.759. The van der Waals surface area contributed by atoms with E-state index < -0.39 is 14.6 Å². The summed E-state index contributed by atoms with van der Waals surface area (Å²) >= 11 is 1.73. The summed E-state index contributed by atoms with van der Waals surface area (Å²) in [7, 11) is -2.96. The minimum atomic E-state index is -2.96. The molecule has 1 unspecified atom stereocenters. The molecule has 2 saturated heterocycles. The number of rotatable bonds is 5. The summed E-state index contributed by atoms with van der Waals surface area (Å²) in [5.41, 5.74) is 0. The Kier molecular flexibility index (Phi) is 3.92. The first kappa shape index (κ1) is 14.5. The minimum absolute atomic E-state index is 0.173. The highest BCUT2D eigenvalue weighted by molar-refractivity contribution is 7.93. The van der Waals surface area contributed by atoms with Crippen LogP contribution >= 0.6 is 11.3 Å². The van der Waals surface area contributed by atoms with Gasteiger partial charge >= 0.3 is 0 Å². The van der Waals surface area contributed by atoms with Crippen LogP contribution in [-0.4, -0.2) is 50.1 Å². The Hall–Kier alpha value is -0.430. The van der Waals surface area contributed by atoms with Crippen molar-refractivity contribution in [1.29, 1.82) is 0 Å². The molecule has 1 spiro atoms. The maximum absolute atomic E-state index is 12.4. The monoisotopic (exact) mass is 315 g/mol. The average Bonchev–Trinajstić information content (AvgIpc) is 2.94. The lowest BCUT2D eigenvalue weighted by Gasteiger charge is -2.49. The predicted octanol–water partition coefficient (Wildman–Crippen LogP) is 1.77. The van der Waals surface area contributed by atoms with Crippen LogP contribution < -0.4 is 0 Å². The Balaban J connectivity index is 1.68. The number of hydrogen-bond donors (Lipinski definition) is 0. The van der Waals surface area contributed by atoms with E-state index in [1.165, 1.54) is 4.88 Å². The summed E-state index contributed by atoms with van der Waals surface area (Å²) in [6, 6.07) is 4.15. The van der Waals surface area contributed by atoms with Gasteiger partial charge in [-0.3, -0.25) is 4.90 Å². The number of thiophene rings is 1. The molecule has 0 aliphatic carbocycles. The zero-order chi connectivity index (χ0) is 14.2. The molecule has 3 rings (SSSR count). The molecule has 0 radical (unpaired) electrons. The maximum Gasteiger partial charge on any atom is 0.158 e. The van der Waals surface area contributed by atoms with Gasteiger partial charge in [0.2, 0.25) is 0 Å². The van der Waals surface area contributed by atoms with Gasteiger partial charge in [-0.1, -0.05) is 6.07 Å². The first-order valence-corrected chi connectivity index (χ1v) is 9.65. The van der Waals surface area contributed by atoms with Gasteiger partial charge in [-0.2, -0.15) is 0 Å². The minimum Gasteiger partial charge on any atom is -0.381 e. The molecule has 2 aliphatic rings. The zero-order valence-corrected chi connectivity index (χ0v) is 13.4. The molecule has 112 valence electrons. The molecule has 4 nitrogen and oxygen atoms in total. The first-order chi connectivity index (χ1) is 9.57. The SMILES string of the molecule is CCOCC1CCS(=O)(=O)C12CN(Cc1cccs1)C2. The van der Waals surface area contributed by atoms with Crippen molar-refractivity contribution in [3.8, 4) is 0 Å². The lowest BCUT2D eigenvalue weighted by atomic mass is 9.83. The highest BCUT2D eigenvalue weighted by atomic mass is 32.2. The van der Waals surface area contributed by atoms with Crippen molar-refractivity contribution in [2.75, 3.05) is 32.1 Å². The highest BCUT2D eigenvalue weighted by Crippen LogP contribution is 2.45. The Morgan fingerprint density at radius 2 is 2.30 bits per heavy atom. The van der Waals surface area contributed by atoms with Crippen LogP contribution in [0, 0.1) is 5.92 Å². The summed E-state index contributed by atoms with van der Waals surface area (Å²) in [5, 5.41) is 2.06. The van der Waals surface area contributed by atoms with E-state index in [-0.39, 0.29) is 5.92 Å². The van der Waals surface area contributed by atoms with Crippen molar-refractivity contribution in [3.05, 3.63) is 22.4 Å². The van der Waals surface area contributed by atoms with Crippen molar-refractivity contribution in [1.82, 2.24) is 4.90 Å². The summed E-state index contributed by atoms with van der Waals surface area (Å²) in [6.45, 7) is 5.42. The van der Waals surface area contributed by atoms with Gasteiger partial charge in [0.15, 0.2) is 9.84 Å². The number of hydrogen-bond acceptors (Lipinski definition) is 5. The molecule has 1 aromatic rings. The van der Waals surface area contributed by atoms with Crippen LogP contribution in [-0.2, 0) is 21.1 Å². The average molecular weight is 315 g/mol. The number of nitrogens with zero attached hydrogens (tertiary/aromatic N) is 1. The number of likely N-dealkylation sites (tertiary alicyclic amines) is 1. The third-order valence-corrected chi connectivity index (χ3v) is 8.03. The Bertz CT molecular complexity index is 547. The second-order valence-electron chi connectivity index (χ2n) is 5.75. The lowest BCUT2D eigenvalue weighted by molar-refractivity contribution is 0.0297. The van der Waals surface area contributed by atoms with Crippen molar-refractivity contribution in [2.45, 2.75) is 24.6 Å². The van der Waals surface area contributed by atoms with Gasteiger partial charge in [-0.05, 0) is 24.8 Å².